The number of anilines is 4. The Kier molecular flexibility index (Phi) is 5.69. The van der Waals surface area contributed by atoms with Crippen LogP contribution in [0.4, 0.5) is 22.5 Å². The molecule has 0 saturated heterocycles. The number of nitrogens with one attached hydrogen (secondary N) is 1. The average molecular weight is 406 g/mol. The molecule has 0 bridgehead atoms. The van der Waals surface area contributed by atoms with Crippen molar-refractivity contribution in [1.82, 2.24) is 15.0 Å². The number of rotatable bonds is 7. The zero-order valence-electron chi connectivity index (χ0n) is 16.5. The molecular formula is C22H23N5OS. The summed E-state index contributed by atoms with van der Waals surface area (Å²) >= 11 is 1.51. The topological polar surface area (TPSA) is 74.2 Å². The SMILES string of the molecule is Cc1ccc(N(C)c2ccc3nc(Nc4cc(CCCO)ccn4)sc3n2)cc1. The Morgan fingerprint density at radius 2 is 1.90 bits per heavy atom. The van der Waals surface area contributed by atoms with E-state index in [-0.39, 0.29) is 6.61 Å². The van der Waals surface area contributed by atoms with Gasteiger partial charge in [0, 0.05) is 25.5 Å². The van der Waals surface area contributed by atoms with Crippen LogP contribution in [0, 0.1) is 6.92 Å². The Labute approximate surface area is 173 Å². The highest BCUT2D eigenvalue weighted by Gasteiger charge is 2.11. The summed E-state index contributed by atoms with van der Waals surface area (Å²) in [5.41, 5.74) is 4.32. The number of aromatic nitrogens is 3. The van der Waals surface area contributed by atoms with Crippen LogP contribution in [-0.2, 0) is 6.42 Å². The standard InChI is InChI=1S/C22H23N5OS/c1-15-5-7-17(8-6-15)27(2)20-10-9-18-21(26-20)29-22(24-18)25-19-14-16(4-3-13-28)11-12-23-19/h5-12,14,28H,3-4,13H2,1-2H3,(H,23,24,25). The Balaban J connectivity index is 1.55. The zero-order chi connectivity index (χ0) is 20.2. The maximum absolute atomic E-state index is 9.01. The number of benzene rings is 1. The first-order valence-electron chi connectivity index (χ1n) is 9.53. The van der Waals surface area contributed by atoms with Crippen LogP contribution >= 0.6 is 11.3 Å². The molecule has 29 heavy (non-hydrogen) atoms. The molecule has 0 fully saturated rings. The van der Waals surface area contributed by atoms with E-state index in [0.29, 0.717) is 0 Å². The third kappa shape index (κ3) is 4.52. The van der Waals surface area contributed by atoms with Gasteiger partial charge < -0.3 is 15.3 Å². The van der Waals surface area contributed by atoms with E-state index in [9.17, 15) is 0 Å². The molecule has 0 aliphatic rings. The molecule has 4 aromatic rings. The van der Waals surface area contributed by atoms with Crippen molar-refractivity contribution in [1.29, 1.82) is 0 Å². The highest BCUT2D eigenvalue weighted by molar-refractivity contribution is 7.21. The minimum absolute atomic E-state index is 0.188. The first-order chi connectivity index (χ1) is 14.1. The number of hydrogen-bond donors (Lipinski definition) is 2. The second kappa shape index (κ2) is 8.55. The quantitative estimate of drug-likeness (QED) is 0.459. The summed E-state index contributed by atoms with van der Waals surface area (Å²) in [5, 5.41) is 13.0. The number of nitrogens with zero attached hydrogens (tertiary/aromatic N) is 4. The van der Waals surface area contributed by atoms with E-state index in [2.05, 4.69) is 51.4 Å². The van der Waals surface area contributed by atoms with E-state index in [1.54, 1.807) is 6.20 Å². The molecule has 0 unspecified atom stereocenters. The maximum atomic E-state index is 9.01. The molecule has 148 valence electrons. The Bertz CT molecular complexity index is 1110. The van der Waals surface area contributed by atoms with Crippen molar-refractivity contribution >= 4 is 44.1 Å². The number of aliphatic hydroxyl groups excluding tert-OH is 1. The van der Waals surface area contributed by atoms with Gasteiger partial charge in [0.05, 0.1) is 0 Å². The van der Waals surface area contributed by atoms with Gasteiger partial charge in [-0.05, 0) is 61.7 Å². The van der Waals surface area contributed by atoms with Gasteiger partial charge in [-0.1, -0.05) is 29.0 Å². The molecule has 4 rings (SSSR count). The molecule has 0 radical (unpaired) electrons. The molecule has 0 amide bonds. The van der Waals surface area contributed by atoms with Crippen LogP contribution in [0.1, 0.15) is 17.5 Å². The third-order valence-corrected chi connectivity index (χ3v) is 5.57. The van der Waals surface area contributed by atoms with E-state index in [4.69, 9.17) is 10.1 Å². The fourth-order valence-corrected chi connectivity index (χ4v) is 3.88. The molecule has 0 aliphatic carbocycles. The molecule has 0 spiro atoms. The van der Waals surface area contributed by atoms with Gasteiger partial charge in [-0.2, -0.15) is 0 Å². The number of hydrogen-bond acceptors (Lipinski definition) is 7. The summed E-state index contributed by atoms with van der Waals surface area (Å²) in [7, 11) is 2.01. The highest BCUT2D eigenvalue weighted by atomic mass is 32.1. The molecule has 6 nitrogen and oxygen atoms in total. The summed E-state index contributed by atoms with van der Waals surface area (Å²) in [5.74, 6) is 1.62. The average Bonchev–Trinajstić information content (AvgIpc) is 3.14. The van der Waals surface area contributed by atoms with Crippen LogP contribution in [0.3, 0.4) is 0 Å². The van der Waals surface area contributed by atoms with Crippen LogP contribution in [0.2, 0.25) is 0 Å². The fraction of sp³-hybridized carbons (Fsp3) is 0.227. The minimum Gasteiger partial charge on any atom is -0.396 e. The zero-order valence-corrected chi connectivity index (χ0v) is 17.3. The number of aliphatic hydroxyl groups is 1. The van der Waals surface area contributed by atoms with Gasteiger partial charge in [-0.3, -0.25) is 0 Å². The largest absolute Gasteiger partial charge is 0.396 e. The van der Waals surface area contributed by atoms with E-state index in [1.807, 2.05) is 31.3 Å². The van der Waals surface area contributed by atoms with E-state index in [0.717, 1.165) is 51.2 Å². The molecule has 1 aromatic carbocycles. The lowest BCUT2D eigenvalue weighted by Gasteiger charge is -2.18. The molecule has 0 saturated carbocycles. The van der Waals surface area contributed by atoms with Gasteiger partial charge in [-0.25, -0.2) is 15.0 Å². The lowest BCUT2D eigenvalue weighted by atomic mass is 10.1. The van der Waals surface area contributed by atoms with Crippen molar-refractivity contribution in [2.75, 3.05) is 23.9 Å². The van der Waals surface area contributed by atoms with Crippen LogP contribution < -0.4 is 10.2 Å². The molecular weight excluding hydrogens is 382 g/mol. The Morgan fingerprint density at radius 3 is 2.69 bits per heavy atom. The van der Waals surface area contributed by atoms with Crippen LogP contribution in [0.25, 0.3) is 10.3 Å². The van der Waals surface area contributed by atoms with Crippen LogP contribution in [-0.4, -0.2) is 33.7 Å². The second-order valence-electron chi connectivity index (χ2n) is 6.91. The maximum Gasteiger partial charge on any atom is 0.190 e. The summed E-state index contributed by atoms with van der Waals surface area (Å²) in [6, 6.07) is 16.3. The molecule has 2 N–H and O–H groups in total. The second-order valence-corrected chi connectivity index (χ2v) is 7.89. The van der Waals surface area contributed by atoms with Gasteiger partial charge in [0.1, 0.15) is 22.0 Å². The van der Waals surface area contributed by atoms with Gasteiger partial charge in [-0.15, -0.1) is 0 Å². The minimum atomic E-state index is 0.188. The van der Waals surface area contributed by atoms with Crippen molar-refractivity contribution in [2.45, 2.75) is 19.8 Å². The first-order valence-corrected chi connectivity index (χ1v) is 10.3. The smallest absolute Gasteiger partial charge is 0.190 e. The summed E-state index contributed by atoms with van der Waals surface area (Å²) in [6.45, 7) is 2.27. The van der Waals surface area contributed by atoms with Crippen LogP contribution in [0.5, 0.6) is 0 Å². The lowest BCUT2D eigenvalue weighted by Crippen LogP contribution is -2.10. The summed E-state index contributed by atoms with van der Waals surface area (Å²) in [6.07, 6.45) is 3.34. The van der Waals surface area contributed by atoms with E-state index < -0.39 is 0 Å². The molecule has 0 aliphatic heterocycles. The number of fused-ring (bicyclic) bond motifs is 1. The number of thiazole rings is 1. The normalized spacial score (nSPS) is 11.0. The van der Waals surface area contributed by atoms with Gasteiger partial charge in [0.2, 0.25) is 0 Å². The van der Waals surface area contributed by atoms with Gasteiger partial charge in [0.25, 0.3) is 0 Å². The molecule has 7 heteroatoms. The predicted octanol–water partition coefficient (Wildman–Crippen LogP) is 4.83. The van der Waals surface area contributed by atoms with E-state index >= 15 is 0 Å². The molecule has 0 atom stereocenters. The Morgan fingerprint density at radius 1 is 1.07 bits per heavy atom. The van der Waals surface area contributed by atoms with Crippen molar-refractivity contribution in [3.63, 3.8) is 0 Å². The predicted molar refractivity (Wildman–Crippen MR) is 120 cm³/mol. The van der Waals surface area contributed by atoms with Crippen LogP contribution in [0.15, 0.2) is 54.7 Å². The fourth-order valence-electron chi connectivity index (χ4n) is 3.04. The van der Waals surface area contributed by atoms with Gasteiger partial charge in [0.15, 0.2) is 5.13 Å². The third-order valence-electron chi connectivity index (χ3n) is 4.69. The van der Waals surface area contributed by atoms with Crippen molar-refractivity contribution in [2.24, 2.45) is 0 Å². The molecule has 3 aromatic heterocycles. The molecule has 3 heterocycles. The first kappa shape index (κ1) is 19.3. The van der Waals surface area contributed by atoms with Gasteiger partial charge >= 0.3 is 0 Å². The summed E-state index contributed by atoms with van der Waals surface area (Å²) in [4.78, 5) is 16.7. The summed E-state index contributed by atoms with van der Waals surface area (Å²) < 4.78 is 0. The Hall–Kier alpha value is -3.03. The monoisotopic (exact) mass is 405 g/mol. The van der Waals surface area contributed by atoms with E-state index in [1.165, 1.54) is 16.9 Å². The van der Waals surface area contributed by atoms with Crippen molar-refractivity contribution in [3.8, 4) is 0 Å². The lowest BCUT2D eigenvalue weighted by molar-refractivity contribution is 0.288. The number of pyridine rings is 2. The highest BCUT2D eigenvalue weighted by Crippen LogP contribution is 2.30. The number of aryl methyl sites for hydroxylation is 2. The van der Waals surface area contributed by atoms with Crippen molar-refractivity contribution < 1.29 is 5.11 Å². The van der Waals surface area contributed by atoms with Crippen molar-refractivity contribution in [3.05, 3.63) is 65.9 Å².